The van der Waals surface area contributed by atoms with Crippen LogP contribution in [0, 0.1) is 0 Å². The van der Waals surface area contributed by atoms with Crippen LogP contribution in [0.15, 0.2) is 48.7 Å². The van der Waals surface area contributed by atoms with Gasteiger partial charge in [0.15, 0.2) is 0 Å². The van der Waals surface area contributed by atoms with Crippen molar-refractivity contribution in [1.29, 1.82) is 0 Å². The maximum atomic E-state index is 12.5. The molecule has 0 aliphatic heterocycles. The molecule has 6 heteroatoms. The number of nitrogens with two attached hydrogens (primary N) is 1. The van der Waals surface area contributed by atoms with Gasteiger partial charge in [-0.25, -0.2) is 0 Å². The monoisotopic (exact) mass is 312 g/mol. The molecular weight excluding hydrogens is 292 g/mol. The van der Waals surface area contributed by atoms with Crippen LogP contribution in [0.4, 0.5) is 5.69 Å². The average Bonchev–Trinajstić information content (AvgIpc) is 2.55. The van der Waals surface area contributed by atoms with Crippen LogP contribution in [0.3, 0.4) is 0 Å². The smallest absolute Gasteiger partial charge is 0.271 e. The van der Waals surface area contributed by atoms with E-state index in [2.05, 4.69) is 10.3 Å². The molecule has 2 amide bonds. The Morgan fingerprint density at radius 2 is 1.83 bits per heavy atom. The number of pyridine rings is 1. The van der Waals surface area contributed by atoms with Gasteiger partial charge in [-0.05, 0) is 24.6 Å². The molecule has 0 bridgehead atoms. The lowest BCUT2D eigenvalue weighted by molar-refractivity contribution is -0.123. The summed E-state index contributed by atoms with van der Waals surface area (Å²) in [5.74, 6) is -1.10. The largest absolute Gasteiger partial charge is 0.378 e. The number of primary amides is 1. The molecule has 1 unspecified atom stereocenters. The molecule has 1 atom stereocenters. The fraction of sp³-hybridized carbons (Fsp3) is 0.235. The first-order chi connectivity index (χ1) is 10.8. The number of anilines is 1. The molecule has 0 aliphatic carbocycles. The average molecular weight is 312 g/mol. The Morgan fingerprint density at radius 3 is 2.39 bits per heavy atom. The second-order valence-electron chi connectivity index (χ2n) is 5.60. The van der Waals surface area contributed by atoms with Gasteiger partial charge in [-0.15, -0.1) is 0 Å². The van der Waals surface area contributed by atoms with Gasteiger partial charge < -0.3 is 16.0 Å². The van der Waals surface area contributed by atoms with Gasteiger partial charge in [0.25, 0.3) is 5.91 Å². The van der Waals surface area contributed by atoms with E-state index in [9.17, 15) is 9.59 Å². The number of nitrogens with one attached hydrogen (secondary N) is 1. The van der Waals surface area contributed by atoms with Crippen molar-refractivity contribution in [1.82, 2.24) is 10.3 Å². The maximum Gasteiger partial charge on any atom is 0.271 e. The molecule has 1 aromatic heterocycles. The second-order valence-corrected chi connectivity index (χ2v) is 5.60. The Kier molecular flexibility index (Phi) is 4.64. The summed E-state index contributed by atoms with van der Waals surface area (Å²) < 4.78 is 0. The molecule has 23 heavy (non-hydrogen) atoms. The molecule has 1 aromatic carbocycles. The molecule has 0 saturated heterocycles. The summed E-state index contributed by atoms with van der Waals surface area (Å²) in [5, 5.41) is 2.70. The maximum absolute atomic E-state index is 12.5. The van der Waals surface area contributed by atoms with Crippen molar-refractivity contribution in [2.45, 2.75) is 12.5 Å². The van der Waals surface area contributed by atoms with Crippen LogP contribution in [0.1, 0.15) is 23.0 Å². The van der Waals surface area contributed by atoms with Crippen molar-refractivity contribution >= 4 is 17.5 Å². The Hall–Kier alpha value is -2.89. The topological polar surface area (TPSA) is 88.3 Å². The lowest BCUT2D eigenvalue weighted by Crippen LogP contribution is -2.52. The minimum absolute atomic E-state index is 0.222. The van der Waals surface area contributed by atoms with E-state index in [0.717, 1.165) is 5.69 Å². The molecule has 0 saturated carbocycles. The van der Waals surface area contributed by atoms with Crippen molar-refractivity contribution in [2.24, 2.45) is 5.73 Å². The molecular formula is C17H20N4O2. The molecule has 0 radical (unpaired) electrons. The summed E-state index contributed by atoms with van der Waals surface area (Å²) in [6, 6.07) is 12.3. The first-order valence-electron chi connectivity index (χ1n) is 7.16. The van der Waals surface area contributed by atoms with Crippen molar-refractivity contribution in [2.75, 3.05) is 19.0 Å². The fourth-order valence-electron chi connectivity index (χ4n) is 2.16. The third-order valence-corrected chi connectivity index (χ3v) is 3.70. The van der Waals surface area contributed by atoms with Crippen molar-refractivity contribution in [3.05, 3.63) is 59.9 Å². The first-order valence-corrected chi connectivity index (χ1v) is 7.16. The number of amides is 2. The molecule has 0 aliphatic rings. The zero-order valence-electron chi connectivity index (χ0n) is 13.4. The zero-order valence-corrected chi connectivity index (χ0v) is 13.4. The van der Waals surface area contributed by atoms with Crippen LogP contribution in [0.25, 0.3) is 0 Å². The van der Waals surface area contributed by atoms with Crippen LogP contribution in [-0.2, 0) is 10.3 Å². The zero-order chi connectivity index (χ0) is 17.0. The lowest BCUT2D eigenvalue weighted by Gasteiger charge is -2.28. The van der Waals surface area contributed by atoms with Crippen LogP contribution >= 0.6 is 0 Å². The number of hydrogen-bond donors (Lipinski definition) is 2. The summed E-state index contributed by atoms with van der Waals surface area (Å²) in [7, 11) is 3.74. The number of nitrogens with zero attached hydrogens (tertiary/aromatic N) is 2. The van der Waals surface area contributed by atoms with Crippen LogP contribution in [-0.4, -0.2) is 30.9 Å². The summed E-state index contributed by atoms with van der Waals surface area (Å²) in [5.41, 5.74) is 5.89. The van der Waals surface area contributed by atoms with Gasteiger partial charge in [0.05, 0.1) is 0 Å². The highest BCUT2D eigenvalue weighted by Gasteiger charge is 2.35. The van der Waals surface area contributed by atoms with Gasteiger partial charge in [0.1, 0.15) is 11.2 Å². The van der Waals surface area contributed by atoms with Crippen LogP contribution < -0.4 is 16.0 Å². The van der Waals surface area contributed by atoms with E-state index in [-0.39, 0.29) is 5.69 Å². The Morgan fingerprint density at radius 1 is 1.17 bits per heavy atom. The summed E-state index contributed by atoms with van der Waals surface area (Å²) in [6.45, 7) is 1.58. The van der Waals surface area contributed by atoms with E-state index >= 15 is 0 Å². The number of aromatic nitrogens is 1. The van der Waals surface area contributed by atoms with E-state index in [0.29, 0.717) is 5.56 Å². The number of hydrogen-bond acceptors (Lipinski definition) is 4. The first kappa shape index (κ1) is 16.5. The molecule has 0 fully saturated rings. The summed E-state index contributed by atoms with van der Waals surface area (Å²) >= 11 is 0. The molecule has 0 spiro atoms. The standard InChI is InChI=1S/C17H20N4O2/c1-17(16(18)23,12-7-5-4-6-8-12)20-15(22)14-11-13(21(2)3)9-10-19-14/h4-11H,1-3H3,(H2,18,23)(H,20,22). The van der Waals surface area contributed by atoms with E-state index < -0.39 is 17.4 Å². The van der Waals surface area contributed by atoms with Crippen LogP contribution in [0.5, 0.6) is 0 Å². The molecule has 6 nitrogen and oxygen atoms in total. The second kappa shape index (κ2) is 6.48. The third-order valence-electron chi connectivity index (χ3n) is 3.70. The van der Waals surface area contributed by atoms with E-state index in [1.165, 1.54) is 0 Å². The van der Waals surface area contributed by atoms with Crippen molar-refractivity contribution in [3.63, 3.8) is 0 Å². The van der Waals surface area contributed by atoms with Gasteiger partial charge in [-0.3, -0.25) is 14.6 Å². The lowest BCUT2D eigenvalue weighted by atomic mass is 9.91. The minimum Gasteiger partial charge on any atom is -0.378 e. The molecule has 1 heterocycles. The normalized spacial score (nSPS) is 13.0. The van der Waals surface area contributed by atoms with Gasteiger partial charge in [-0.2, -0.15) is 0 Å². The predicted octanol–water partition coefficient (Wildman–Crippen LogP) is 1.28. The fourth-order valence-corrected chi connectivity index (χ4v) is 2.16. The quantitative estimate of drug-likeness (QED) is 0.870. The predicted molar refractivity (Wildman–Crippen MR) is 89.0 cm³/mol. The van der Waals surface area contributed by atoms with Crippen molar-refractivity contribution < 1.29 is 9.59 Å². The number of benzene rings is 1. The van der Waals surface area contributed by atoms with Gasteiger partial charge in [-0.1, -0.05) is 30.3 Å². The summed E-state index contributed by atoms with van der Waals surface area (Å²) in [6.07, 6.45) is 1.55. The highest BCUT2D eigenvalue weighted by atomic mass is 16.2. The molecule has 120 valence electrons. The number of carbonyl (C=O) groups is 2. The Bertz CT molecular complexity index is 716. The summed E-state index contributed by atoms with van der Waals surface area (Å²) in [4.78, 5) is 30.4. The minimum atomic E-state index is -1.31. The number of carbonyl (C=O) groups excluding carboxylic acids is 2. The van der Waals surface area contributed by atoms with E-state index in [4.69, 9.17) is 5.73 Å². The Labute approximate surface area is 135 Å². The van der Waals surface area contributed by atoms with Gasteiger partial charge in [0.2, 0.25) is 5.91 Å². The van der Waals surface area contributed by atoms with Gasteiger partial charge >= 0.3 is 0 Å². The molecule has 2 aromatic rings. The van der Waals surface area contributed by atoms with E-state index in [1.807, 2.05) is 25.1 Å². The molecule has 3 N–H and O–H groups in total. The molecule has 2 rings (SSSR count). The Balaban J connectivity index is 2.33. The van der Waals surface area contributed by atoms with Gasteiger partial charge in [0, 0.05) is 26.0 Å². The third kappa shape index (κ3) is 3.48. The van der Waals surface area contributed by atoms with Crippen LogP contribution in [0.2, 0.25) is 0 Å². The number of rotatable bonds is 5. The highest BCUT2D eigenvalue weighted by Crippen LogP contribution is 2.21. The highest BCUT2D eigenvalue weighted by molar-refractivity contribution is 5.98. The SMILES string of the molecule is CN(C)c1ccnc(C(=O)NC(C)(C(N)=O)c2ccccc2)c1. The van der Waals surface area contributed by atoms with E-state index in [1.54, 1.807) is 49.5 Å². The van der Waals surface area contributed by atoms with Crippen molar-refractivity contribution in [3.8, 4) is 0 Å².